The number of carbonyl (C=O) groups excluding carboxylic acids is 2. The lowest BCUT2D eigenvalue weighted by Crippen LogP contribution is -2.28. The molecule has 0 radical (unpaired) electrons. The molecule has 4 aromatic rings. The minimum atomic E-state index is -0.471. The van der Waals surface area contributed by atoms with Gasteiger partial charge in [-0.05, 0) is 142 Å². The van der Waals surface area contributed by atoms with Gasteiger partial charge in [-0.2, -0.15) is 0 Å². The molecule has 0 spiro atoms. The first kappa shape index (κ1) is 40.1. The maximum Gasteiger partial charge on any atom is 0.175 e. The fourth-order valence-electron chi connectivity index (χ4n) is 5.32. The minimum absolute atomic E-state index is 0.0166. The summed E-state index contributed by atoms with van der Waals surface area (Å²) in [5, 5.41) is 25.7. The van der Waals surface area contributed by atoms with Crippen molar-refractivity contribution < 1.29 is 24.2 Å². The van der Waals surface area contributed by atoms with E-state index < -0.39 is 6.04 Å². The van der Waals surface area contributed by atoms with Crippen LogP contribution in [0.15, 0.2) is 83.0 Å². The molecule has 2 atom stereocenters. The third-order valence-electron chi connectivity index (χ3n) is 8.88. The van der Waals surface area contributed by atoms with E-state index in [1.54, 1.807) is 43.6 Å². The highest BCUT2D eigenvalue weighted by atomic mass is 19.1. The standard InChI is InChI=1S/C21H25FN2O2.C20H25N3O2/c1-5-19(18-9-10-20(25)14(3)13(18)2)23-12-21(26)15(4)24-17-8-6-7-16(22)11-17;1-5-18(17-8-9-19(24)14(3)13(17)2)22-12-20(25)15(4)23-16-7-6-10-21-11-16/h6-11,15,24-25H,5,12H2,1-4H3;6-11,15,23-24H,5,12H2,1-4H3. The Morgan fingerprint density at radius 2 is 1.18 bits per heavy atom. The molecule has 0 saturated carbocycles. The summed E-state index contributed by atoms with van der Waals surface area (Å²) in [5.41, 5.74) is 8.63. The third-order valence-corrected chi connectivity index (χ3v) is 8.88. The van der Waals surface area contributed by atoms with Gasteiger partial charge in [-0.25, -0.2) is 4.39 Å². The van der Waals surface area contributed by atoms with Crippen molar-refractivity contribution in [3.8, 4) is 11.5 Å². The van der Waals surface area contributed by atoms with Crippen LogP contribution in [0, 0.1) is 33.5 Å². The molecule has 0 fully saturated rings. The van der Waals surface area contributed by atoms with Gasteiger partial charge >= 0.3 is 0 Å². The summed E-state index contributed by atoms with van der Waals surface area (Å²) < 4.78 is 13.2. The number of halogens is 1. The number of aliphatic imine (C=N–C) groups is 2. The van der Waals surface area contributed by atoms with Crippen molar-refractivity contribution in [2.75, 3.05) is 23.7 Å². The van der Waals surface area contributed by atoms with Crippen LogP contribution in [0.25, 0.3) is 0 Å². The van der Waals surface area contributed by atoms with E-state index in [1.807, 2.05) is 72.7 Å². The number of benzene rings is 3. The summed E-state index contributed by atoms with van der Waals surface area (Å²) in [6.45, 7) is 15.4. The van der Waals surface area contributed by atoms with Crippen LogP contribution in [0.3, 0.4) is 0 Å². The summed E-state index contributed by atoms with van der Waals surface area (Å²) in [5.74, 6) is 0.128. The molecule has 1 aromatic heterocycles. The molecule has 3 aromatic carbocycles. The lowest BCUT2D eigenvalue weighted by molar-refractivity contribution is -0.118. The molecule has 4 N–H and O–H groups in total. The van der Waals surface area contributed by atoms with Gasteiger partial charge in [-0.1, -0.05) is 19.9 Å². The normalized spacial score (nSPS) is 12.7. The number of aromatic nitrogens is 1. The Hall–Kier alpha value is -5.38. The summed E-state index contributed by atoms with van der Waals surface area (Å²) >= 11 is 0. The van der Waals surface area contributed by atoms with Gasteiger partial charge in [0.1, 0.15) is 17.3 Å². The second kappa shape index (κ2) is 19.1. The maximum absolute atomic E-state index is 13.2. The van der Waals surface area contributed by atoms with Crippen LogP contribution in [0.5, 0.6) is 11.5 Å². The smallest absolute Gasteiger partial charge is 0.175 e. The zero-order valence-corrected chi connectivity index (χ0v) is 30.8. The van der Waals surface area contributed by atoms with E-state index in [4.69, 9.17) is 0 Å². The second-order valence-corrected chi connectivity index (χ2v) is 12.4. The predicted molar refractivity (Wildman–Crippen MR) is 205 cm³/mol. The number of Topliss-reactive ketones (excluding diaryl/α,β-unsaturated/α-hetero) is 2. The molecular weight excluding hydrogens is 645 g/mol. The first-order chi connectivity index (χ1) is 24.3. The van der Waals surface area contributed by atoms with E-state index in [-0.39, 0.29) is 48.0 Å². The van der Waals surface area contributed by atoms with Crippen LogP contribution in [-0.4, -0.2) is 63.4 Å². The van der Waals surface area contributed by atoms with Gasteiger partial charge in [0.2, 0.25) is 0 Å². The Bertz CT molecular complexity index is 1870. The van der Waals surface area contributed by atoms with E-state index in [0.717, 1.165) is 56.9 Å². The summed E-state index contributed by atoms with van der Waals surface area (Å²) in [4.78, 5) is 37.8. The quantitative estimate of drug-likeness (QED) is 0.0979. The van der Waals surface area contributed by atoms with Gasteiger partial charge in [0, 0.05) is 29.5 Å². The SMILES string of the molecule is CCC(=NCC(=O)C(C)Nc1cccc(F)c1)c1ccc(O)c(C)c1C.CCC(=NCC(=O)C(C)Nc1cccnc1)c1ccc(O)c(C)c1C. The van der Waals surface area contributed by atoms with Gasteiger partial charge < -0.3 is 20.8 Å². The minimum Gasteiger partial charge on any atom is -0.508 e. The van der Waals surface area contributed by atoms with Crippen LogP contribution in [0.4, 0.5) is 15.8 Å². The average molecular weight is 696 g/mol. The number of nitrogens with one attached hydrogen (secondary N) is 2. The van der Waals surface area contributed by atoms with E-state index >= 15 is 0 Å². The number of phenols is 2. The van der Waals surface area contributed by atoms with Crippen molar-refractivity contribution in [2.24, 2.45) is 9.98 Å². The molecule has 51 heavy (non-hydrogen) atoms. The Morgan fingerprint density at radius 3 is 1.61 bits per heavy atom. The summed E-state index contributed by atoms with van der Waals surface area (Å²) in [6.07, 6.45) is 4.79. The van der Waals surface area contributed by atoms with Crippen molar-refractivity contribution in [1.29, 1.82) is 0 Å². The Balaban J connectivity index is 0.000000276. The second-order valence-electron chi connectivity index (χ2n) is 12.4. The van der Waals surface area contributed by atoms with Crippen LogP contribution >= 0.6 is 0 Å². The molecule has 2 unspecified atom stereocenters. The Morgan fingerprint density at radius 1 is 0.706 bits per heavy atom. The van der Waals surface area contributed by atoms with Gasteiger partial charge in [0.25, 0.3) is 0 Å². The Kier molecular flexibility index (Phi) is 15.0. The molecule has 9 nitrogen and oxygen atoms in total. The van der Waals surface area contributed by atoms with Gasteiger partial charge in [-0.3, -0.25) is 24.6 Å². The lowest BCUT2D eigenvalue weighted by atomic mass is 9.97. The number of carbonyl (C=O) groups is 2. The molecule has 10 heteroatoms. The molecule has 0 aliphatic carbocycles. The summed E-state index contributed by atoms with van der Waals surface area (Å²) in [7, 11) is 0. The van der Waals surface area contributed by atoms with Crippen molar-refractivity contribution in [2.45, 2.75) is 80.3 Å². The lowest BCUT2D eigenvalue weighted by Gasteiger charge is -2.15. The van der Waals surface area contributed by atoms with Crippen molar-refractivity contribution >= 4 is 34.4 Å². The van der Waals surface area contributed by atoms with E-state index in [0.29, 0.717) is 12.1 Å². The summed E-state index contributed by atoms with van der Waals surface area (Å²) in [6, 6.07) is 15.9. The number of nitrogens with zero attached hydrogens (tertiary/aromatic N) is 3. The van der Waals surface area contributed by atoms with Crippen LogP contribution in [-0.2, 0) is 9.59 Å². The highest BCUT2D eigenvalue weighted by molar-refractivity contribution is 6.04. The maximum atomic E-state index is 13.2. The molecule has 4 rings (SSSR count). The predicted octanol–water partition coefficient (Wildman–Crippen LogP) is 8.09. The first-order valence-electron chi connectivity index (χ1n) is 17.2. The molecule has 0 amide bonds. The number of ketones is 2. The highest BCUT2D eigenvalue weighted by Gasteiger charge is 2.16. The Labute approximate surface area is 300 Å². The molecule has 1 heterocycles. The molecule has 0 aliphatic rings. The fraction of sp³-hybridized carbons (Fsp3) is 0.341. The largest absolute Gasteiger partial charge is 0.508 e. The third kappa shape index (κ3) is 11.3. The number of rotatable bonds is 14. The van der Waals surface area contributed by atoms with Crippen LogP contribution in [0.1, 0.15) is 73.9 Å². The zero-order chi connectivity index (χ0) is 37.7. The number of hydrogen-bond donors (Lipinski definition) is 4. The van der Waals surface area contributed by atoms with Gasteiger partial charge in [-0.15, -0.1) is 0 Å². The van der Waals surface area contributed by atoms with Crippen molar-refractivity contribution in [1.82, 2.24) is 4.98 Å². The number of anilines is 2. The molecular formula is C41H50FN5O4. The monoisotopic (exact) mass is 695 g/mol. The average Bonchev–Trinajstić information content (AvgIpc) is 3.12. The zero-order valence-electron chi connectivity index (χ0n) is 30.8. The van der Waals surface area contributed by atoms with Crippen LogP contribution < -0.4 is 10.6 Å². The van der Waals surface area contributed by atoms with Crippen LogP contribution in [0.2, 0.25) is 0 Å². The van der Waals surface area contributed by atoms with E-state index in [2.05, 4.69) is 25.6 Å². The van der Waals surface area contributed by atoms with Gasteiger partial charge in [0.05, 0.1) is 30.9 Å². The fourth-order valence-corrected chi connectivity index (χ4v) is 5.32. The van der Waals surface area contributed by atoms with Crippen molar-refractivity contribution in [3.63, 3.8) is 0 Å². The van der Waals surface area contributed by atoms with E-state index in [9.17, 15) is 24.2 Å². The number of hydrogen-bond acceptors (Lipinski definition) is 9. The molecule has 270 valence electrons. The number of phenolic OH excluding ortho intramolecular Hbond substituents is 2. The van der Waals surface area contributed by atoms with Gasteiger partial charge in [0.15, 0.2) is 11.6 Å². The highest BCUT2D eigenvalue weighted by Crippen LogP contribution is 2.25. The number of pyridine rings is 1. The van der Waals surface area contributed by atoms with Crippen molar-refractivity contribution in [3.05, 3.63) is 112 Å². The topological polar surface area (TPSA) is 136 Å². The van der Waals surface area contributed by atoms with E-state index in [1.165, 1.54) is 12.1 Å². The first-order valence-corrected chi connectivity index (χ1v) is 17.2. The molecule has 0 aliphatic heterocycles. The molecule has 0 bridgehead atoms. The molecule has 0 saturated heterocycles. The number of aromatic hydroxyl groups is 2.